The van der Waals surface area contributed by atoms with Crippen molar-refractivity contribution < 1.29 is 9.59 Å². The van der Waals surface area contributed by atoms with Crippen LogP contribution in [0.3, 0.4) is 0 Å². The lowest BCUT2D eigenvalue weighted by molar-refractivity contribution is -0.147. The van der Waals surface area contributed by atoms with E-state index in [0.717, 1.165) is 49.4 Å². The Morgan fingerprint density at radius 2 is 1.44 bits per heavy atom. The van der Waals surface area contributed by atoms with Crippen LogP contribution < -0.4 is 0 Å². The van der Waals surface area contributed by atoms with Gasteiger partial charge in [-0.3, -0.25) is 4.79 Å². The average molecular weight is 439 g/mol. The van der Waals surface area contributed by atoms with Crippen LogP contribution in [-0.4, -0.2) is 12.1 Å². The maximum atomic E-state index is 13.1. The number of aldehydes is 1. The maximum Gasteiger partial charge on any atom is 0.133 e. The van der Waals surface area contributed by atoms with Crippen molar-refractivity contribution in [2.45, 2.75) is 99.3 Å². The molecule has 5 saturated carbocycles. The highest BCUT2D eigenvalue weighted by atomic mass is 16.1. The summed E-state index contributed by atoms with van der Waals surface area (Å²) in [6.07, 6.45) is 11.7. The second-order valence-corrected chi connectivity index (χ2v) is 13.9. The van der Waals surface area contributed by atoms with Crippen molar-refractivity contribution in [2.75, 3.05) is 0 Å². The van der Waals surface area contributed by atoms with Gasteiger partial charge in [-0.2, -0.15) is 0 Å². The number of hydrogen-bond donors (Lipinski definition) is 0. The number of carbonyl (C=O) groups is 2. The molecule has 0 aromatic heterocycles. The summed E-state index contributed by atoms with van der Waals surface area (Å²) in [5.74, 6) is 5.40. The van der Waals surface area contributed by atoms with Crippen molar-refractivity contribution in [3.8, 4) is 0 Å². The lowest BCUT2D eigenvalue weighted by atomic mass is 9.44. The molecule has 2 nitrogen and oxygen atoms in total. The lowest BCUT2D eigenvalue weighted by Crippen LogP contribution is -2.55. The van der Waals surface area contributed by atoms with Crippen molar-refractivity contribution in [3.63, 3.8) is 0 Å². The first-order valence-electron chi connectivity index (χ1n) is 13.6. The van der Waals surface area contributed by atoms with Crippen LogP contribution in [0.25, 0.3) is 0 Å². The van der Waals surface area contributed by atoms with Crippen LogP contribution in [0.5, 0.6) is 0 Å². The van der Waals surface area contributed by atoms with Crippen LogP contribution in [0.2, 0.25) is 0 Å². The molecule has 32 heavy (non-hydrogen) atoms. The number of ketones is 1. The maximum absolute atomic E-state index is 13.1. The molecule has 0 spiro atoms. The van der Waals surface area contributed by atoms with Crippen LogP contribution in [0, 0.1) is 63.1 Å². The summed E-state index contributed by atoms with van der Waals surface area (Å²) < 4.78 is 0. The summed E-state index contributed by atoms with van der Waals surface area (Å²) in [5, 5.41) is 0. The monoisotopic (exact) mass is 438 g/mol. The Morgan fingerprint density at radius 3 is 2.09 bits per heavy atom. The van der Waals surface area contributed by atoms with E-state index in [1.54, 1.807) is 0 Å². The van der Waals surface area contributed by atoms with E-state index < -0.39 is 0 Å². The largest absolute Gasteiger partial charge is 0.303 e. The summed E-state index contributed by atoms with van der Waals surface area (Å²) in [4.78, 5) is 25.2. The third-order valence-corrected chi connectivity index (χ3v) is 13.4. The number of rotatable bonds is 2. The number of carbonyl (C=O) groups excluding carboxylic acids is 2. The molecule has 0 N–H and O–H groups in total. The zero-order valence-corrected chi connectivity index (χ0v) is 21.5. The minimum Gasteiger partial charge on any atom is -0.303 e. The SMILES string of the molecule is C=C(C)C1(C)C2C3CCC4C5CCC(=O)CC5CCC4C3CCC2(C=O)C(C)(C)C1(C)C. The normalized spacial score (nSPS) is 51.1. The summed E-state index contributed by atoms with van der Waals surface area (Å²) in [6, 6.07) is 0. The van der Waals surface area contributed by atoms with E-state index in [4.69, 9.17) is 0 Å². The molecule has 0 aromatic carbocycles. The third-order valence-electron chi connectivity index (χ3n) is 13.4. The number of allylic oxidation sites excluding steroid dienone is 1. The first-order valence-corrected chi connectivity index (χ1v) is 13.6. The first-order chi connectivity index (χ1) is 14.9. The first kappa shape index (κ1) is 22.9. The molecule has 5 fully saturated rings. The van der Waals surface area contributed by atoms with Crippen LogP contribution in [0.4, 0.5) is 0 Å². The van der Waals surface area contributed by atoms with Crippen molar-refractivity contribution in [3.05, 3.63) is 12.2 Å². The average Bonchev–Trinajstić information content (AvgIpc) is 2.86. The second-order valence-electron chi connectivity index (χ2n) is 13.9. The Hall–Kier alpha value is -0.920. The van der Waals surface area contributed by atoms with Gasteiger partial charge in [-0.25, -0.2) is 0 Å². The molecule has 0 aromatic rings. The molecule has 0 heterocycles. The highest BCUT2D eigenvalue weighted by Crippen LogP contribution is 2.80. The molecular formula is C30H46O2. The predicted molar refractivity (Wildman–Crippen MR) is 130 cm³/mol. The molecule has 0 amide bonds. The Bertz CT molecular complexity index is 820. The van der Waals surface area contributed by atoms with Crippen molar-refractivity contribution in [2.24, 2.45) is 63.1 Å². The Kier molecular flexibility index (Phi) is 5.03. The van der Waals surface area contributed by atoms with E-state index in [-0.39, 0.29) is 21.7 Å². The Balaban J connectivity index is 1.54. The van der Waals surface area contributed by atoms with Gasteiger partial charge in [0.15, 0.2) is 0 Å². The summed E-state index contributed by atoms with van der Waals surface area (Å²) in [7, 11) is 0. The molecule has 178 valence electrons. The van der Waals surface area contributed by atoms with Crippen LogP contribution >= 0.6 is 0 Å². The standard InChI is InChI=1S/C30H46O2/c1-18(2)29(7)26-25-13-12-22-21-11-9-20(32)16-19(21)8-10-23(22)24(25)14-15-30(26,17-31)28(5,6)27(29,3)4/h17,19,21-26H,1,8-16H2,2-7H3. The van der Waals surface area contributed by atoms with E-state index in [1.807, 2.05) is 0 Å². The number of Topliss-reactive ketones (excluding diaryl/α,β-unsaturated/α-hetero) is 1. The van der Waals surface area contributed by atoms with Crippen LogP contribution in [0.15, 0.2) is 12.2 Å². The van der Waals surface area contributed by atoms with Gasteiger partial charge in [0.25, 0.3) is 0 Å². The fourth-order valence-electron chi connectivity index (χ4n) is 10.9. The minimum atomic E-state index is -0.243. The Labute approximate surface area is 196 Å². The molecule has 5 rings (SSSR count). The molecule has 5 aliphatic carbocycles. The minimum absolute atomic E-state index is 0.0184. The molecule has 2 heteroatoms. The smallest absolute Gasteiger partial charge is 0.133 e. The molecule has 0 aliphatic heterocycles. The highest BCUT2D eigenvalue weighted by Gasteiger charge is 2.76. The quantitative estimate of drug-likeness (QED) is 0.335. The van der Waals surface area contributed by atoms with Crippen LogP contribution in [-0.2, 0) is 9.59 Å². The molecule has 5 aliphatic rings. The van der Waals surface area contributed by atoms with E-state index in [2.05, 4.69) is 48.1 Å². The van der Waals surface area contributed by atoms with Crippen LogP contribution in [0.1, 0.15) is 99.3 Å². The molecular weight excluding hydrogens is 392 g/mol. The second kappa shape index (κ2) is 7.05. The molecule has 0 radical (unpaired) electrons. The van der Waals surface area contributed by atoms with Gasteiger partial charge < -0.3 is 4.79 Å². The highest BCUT2D eigenvalue weighted by molar-refractivity contribution is 5.79. The lowest BCUT2D eigenvalue weighted by Gasteiger charge is -2.60. The van der Waals surface area contributed by atoms with Crippen molar-refractivity contribution in [1.29, 1.82) is 0 Å². The summed E-state index contributed by atoms with van der Waals surface area (Å²) in [6.45, 7) is 18.9. The molecule has 9 atom stereocenters. The zero-order chi connectivity index (χ0) is 23.3. The van der Waals surface area contributed by atoms with Gasteiger partial charge in [-0.05, 0) is 110 Å². The van der Waals surface area contributed by atoms with Gasteiger partial charge in [0, 0.05) is 18.3 Å². The molecule has 0 bridgehead atoms. The number of hydrogen-bond acceptors (Lipinski definition) is 2. The van der Waals surface area contributed by atoms with Gasteiger partial charge in [-0.15, -0.1) is 0 Å². The fourth-order valence-corrected chi connectivity index (χ4v) is 10.9. The van der Waals surface area contributed by atoms with Gasteiger partial charge in [-0.1, -0.05) is 46.8 Å². The van der Waals surface area contributed by atoms with Gasteiger partial charge in [0.05, 0.1) is 0 Å². The van der Waals surface area contributed by atoms with Gasteiger partial charge >= 0.3 is 0 Å². The van der Waals surface area contributed by atoms with Crippen molar-refractivity contribution >= 4 is 12.1 Å². The topological polar surface area (TPSA) is 34.1 Å². The number of fused-ring (bicyclic) bond motifs is 7. The van der Waals surface area contributed by atoms with E-state index in [1.165, 1.54) is 44.0 Å². The third kappa shape index (κ3) is 2.48. The van der Waals surface area contributed by atoms with Gasteiger partial charge in [0.2, 0.25) is 0 Å². The molecule has 9 unspecified atom stereocenters. The van der Waals surface area contributed by atoms with E-state index in [9.17, 15) is 9.59 Å². The molecule has 0 saturated heterocycles. The van der Waals surface area contributed by atoms with E-state index >= 15 is 0 Å². The summed E-state index contributed by atoms with van der Waals surface area (Å²) in [5.41, 5.74) is 0.976. The fraction of sp³-hybridized carbons (Fsp3) is 0.867. The van der Waals surface area contributed by atoms with Crippen molar-refractivity contribution in [1.82, 2.24) is 0 Å². The zero-order valence-electron chi connectivity index (χ0n) is 21.5. The van der Waals surface area contributed by atoms with Gasteiger partial charge in [0.1, 0.15) is 12.1 Å². The van der Waals surface area contributed by atoms with E-state index in [0.29, 0.717) is 23.5 Å². The predicted octanol–water partition coefficient (Wildman–Crippen LogP) is 7.27. The summed E-state index contributed by atoms with van der Waals surface area (Å²) >= 11 is 0. The Morgan fingerprint density at radius 1 is 0.844 bits per heavy atom.